The fourth-order valence-corrected chi connectivity index (χ4v) is 7.03. The monoisotopic (exact) mass is 658 g/mol. The van der Waals surface area contributed by atoms with Crippen molar-refractivity contribution in [2.45, 2.75) is 56.0 Å². The minimum Gasteiger partial charge on any atom is -0.382 e. The van der Waals surface area contributed by atoms with Crippen LogP contribution in [0.2, 0.25) is 0 Å². The number of hydrogen-bond donors (Lipinski definition) is 2. The molecule has 4 heterocycles. The van der Waals surface area contributed by atoms with E-state index < -0.39 is 27.1 Å². The molecule has 13 nitrogen and oxygen atoms in total. The number of halogens is 3. The molecule has 4 aromatic heterocycles. The van der Waals surface area contributed by atoms with Crippen LogP contribution in [0.1, 0.15) is 44.2 Å². The molecule has 0 aliphatic heterocycles. The van der Waals surface area contributed by atoms with Gasteiger partial charge in [0.05, 0.1) is 28.9 Å². The van der Waals surface area contributed by atoms with E-state index in [0.717, 1.165) is 14.8 Å². The van der Waals surface area contributed by atoms with Crippen molar-refractivity contribution in [3.63, 3.8) is 0 Å². The number of carbonyl (C=O) groups excluding carboxylic acids is 1. The molecule has 0 saturated heterocycles. The molecule has 46 heavy (non-hydrogen) atoms. The topological polar surface area (TPSA) is 153 Å². The summed E-state index contributed by atoms with van der Waals surface area (Å²) in [5.41, 5.74) is 0.538. The fraction of sp³-hybridized carbons (Fsp3) is 0.448. The first kappa shape index (κ1) is 31.4. The van der Waals surface area contributed by atoms with Crippen molar-refractivity contribution in [3.8, 4) is 22.6 Å². The lowest BCUT2D eigenvalue weighted by Crippen LogP contribution is -2.35. The first-order valence-electron chi connectivity index (χ1n) is 14.8. The summed E-state index contributed by atoms with van der Waals surface area (Å²) in [6, 6.07) is 4.24. The second kappa shape index (κ2) is 12.0. The number of rotatable bonds is 9. The Bertz CT molecular complexity index is 1860. The first-order chi connectivity index (χ1) is 21.8. The maximum atomic E-state index is 13.6. The average Bonchev–Trinajstić information content (AvgIpc) is 3.62. The van der Waals surface area contributed by atoms with E-state index >= 15 is 0 Å². The molecule has 2 fully saturated rings. The number of aromatic nitrogens is 7. The van der Waals surface area contributed by atoms with Crippen LogP contribution in [-0.4, -0.2) is 78.5 Å². The highest BCUT2D eigenvalue weighted by atomic mass is 32.2. The molecule has 4 aromatic rings. The summed E-state index contributed by atoms with van der Waals surface area (Å²) in [4.78, 5) is 27.2. The number of hydrogen-bond acceptors (Lipinski definition) is 10. The second-order valence-corrected chi connectivity index (χ2v) is 13.9. The van der Waals surface area contributed by atoms with Crippen molar-refractivity contribution < 1.29 is 26.4 Å². The predicted octanol–water partition coefficient (Wildman–Crippen LogP) is 4.30. The average molecular weight is 659 g/mol. The minimum absolute atomic E-state index is 0.0277. The van der Waals surface area contributed by atoms with Crippen LogP contribution in [0.15, 0.2) is 43.0 Å². The Kier molecular flexibility index (Phi) is 8.20. The van der Waals surface area contributed by atoms with Crippen molar-refractivity contribution in [3.05, 3.63) is 48.7 Å². The van der Waals surface area contributed by atoms with Gasteiger partial charge in [-0.25, -0.2) is 23.4 Å². The number of carbonyl (C=O) groups is 1. The maximum absolute atomic E-state index is 13.6. The third-order valence-electron chi connectivity index (χ3n) is 8.16. The van der Waals surface area contributed by atoms with Gasteiger partial charge in [0.25, 0.3) is 10.0 Å². The van der Waals surface area contributed by atoms with Crippen LogP contribution < -0.4 is 10.6 Å². The van der Waals surface area contributed by atoms with Gasteiger partial charge in [0.1, 0.15) is 17.3 Å². The Balaban J connectivity index is 1.26. The fourth-order valence-electron chi connectivity index (χ4n) is 5.56. The SMILES string of the molecule is CN(C)C(=O)C1CCC(Nc2cc(Nc3ccnc(-c4cnn(S(=O)(=O)C5CC5)c4)n3)ncc2-c2cc(C(F)(F)F)n(C)n2)CC1. The normalized spacial score (nSPS) is 18.7. The third kappa shape index (κ3) is 6.54. The van der Waals surface area contributed by atoms with Crippen LogP contribution in [0.5, 0.6) is 0 Å². The highest BCUT2D eigenvalue weighted by Crippen LogP contribution is 2.37. The van der Waals surface area contributed by atoms with Crippen LogP contribution in [0.25, 0.3) is 22.6 Å². The van der Waals surface area contributed by atoms with Crippen LogP contribution in [0, 0.1) is 5.92 Å². The molecule has 0 bridgehead atoms. The van der Waals surface area contributed by atoms with Crippen molar-refractivity contribution in [1.82, 2.24) is 38.8 Å². The zero-order valence-corrected chi connectivity index (χ0v) is 26.2. The van der Waals surface area contributed by atoms with Crippen LogP contribution >= 0.6 is 0 Å². The molecule has 0 atom stereocenters. The lowest BCUT2D eigenvalue weighted by atomic mass is 9.85. The van der Waals surface area contributed by atoms with E-state index in [-0.39, 0.29) is 29.4 Å². The number of alkyl halides is 3. The second-order valence-electron chi connectivity index (χ2n) is 11.8. The summed E-state index contributed by atoms with van der Waals surface area (Å²) in [6.45, 7) is 0. The Hall–Kier alpha value is -4.54. The smallest absolute Gasteiger partial charge is 0.382 e. The number of pyridine rings is 1. The van der Waals surface area contributed by atoms with Crippen molar-refractivity contribution in [1.29, 1.82) is 0 Å². The molecule has 0 unspecified atom stereocenters. The van der Waals surface area contributed by atoms with E-state index in [4.69, 9.17) is 0 Å². The Morgan fingerprint density at radius 1 is 1.02 bits per heavy atom. The maximum Gasteiger partial charge on any atom is 0.433 e. The number of nitrogens with one attached hydrogen (secondary N) is 2. The molecule has 0 spiro atoms. The van der Waals surface area contributed by atoms with E-state index in [1.165, 1.54) is 31.8 Å². The summed E-state index contributed by atoms with van der Waals surface area (Å²) in [7, 11) is 1.16. The molecule has 244 valence electrons. The lowest BCUT2D eigenvalue weighted by molar-refractivity contribution is -0.143. The van der Waals surface area contributed by atoms with Gasteiger partial charge in [0, 0.05) is 62.8 Å². The molecule has 2 aliphatic carbocycles. The van der Waals surface area contributed by atoms with Crippen molar-refractivity contribution >= 4 is 33.3 Å². The molecule has 17 heteroatoms. The largest absolute Gasteiger partial charge is 0.433 e. The van der Waals surface area contributed by atoms with Crippen molar-refractivity contribution in [2.24, 2.45) is 13.0 Å². The van der Waals surface area contributed by atoms with Gasteiger partial charge in [-0.3, -0.25) is 9.48 Å². The van der Waals surface area contributed by atoms with E-state index in [2.05, 4.69) is 35.8 Å². The molecular weight excluding hydrogens is 625 g/mol. The van der Waals surface area contributed by atoms with Gasteiger partial charge in [-0.05, 0) is 50.7 Å². The van der Waals surface area contributed by atoms with E-state index in [1.807, 2.05) is 0 Å². The number of amides is 1. The van der Waals surface area contributed by atoms with Crippen molar-refractivity contribution in [2.75, 3.05) is 24.7 Å². The standard InChI is InChI=1S/C29H33F3N10O3S/c1-40(2)28(43)17-4-6-19(7-5-17)36-22-13-26(34-15-21(22)23-12-24(29(30,31)32)41(3)39-23)37-25-10-11-33-27(38-25)18-14-35-42(16-18)46(44,45)20-8-9-20/h10-17,19-20H,4-9H2,1-3H3,(H2,33,34,36,37,38). The summed E-state index contributed by atoms with van der Waals surface area (Å²) < 4.78 is 67.6. The number of aryl methyl sites for hydroxylation is 1. The van der Waals surface area contributed by atoms with Crippen LogP contribution in [0.4, 0.5) is 30.5 Å². The Morgan fingerprint density at radius 2 is 1.76 bits per heavy atom. The molecule has 0 aromatic carbocycles. The van der Waals surface area contributed by atoms with Gasteiger partial charge in [-0.1, -0.05) is 0 Å². The third-order valence-corrected chi connectivity index (χ3v) is 10.2. The summed E-state index contributed by atoms with van der Waals surface area (Å²) in [5.74, 6) is 0.971. The Labute approximate surface area is 263 Å². The molecule has 1 amide bonds. The van der Waals surface area contributed by atoms with Gasteiger partial charge in [0.15, 0.2) is 5.82 Å². The van der Waals surface area contributed by atoms with Crippen LogP contribution in [-0.2, 0) is 28.0 Å². The zero-order valence-electron chi connectivity index (χ0n) is 25.4. The van der Waals surface area contributed by atoms with Crippen LogP contribution in [0.3, 0.4) is 0 Å². The summed E-state index contributed by atoms with van der Waals surface area (Å²) in [6.07, 6.45) is 5.12. The van der Waals surface area contributed by atoms with Gasteiger partial charge < -0.3 is 15.5 Å². The number of nitrogens with zero attached hydrogens (tertiary/aromatic N) is 8. The summed E-state index contributed by atoms with van der Waals surface area (Å²) in [5, 5.41) is 14.3. The summed E-state index contributed by atoms with van der Waals surface area (Å²) >= 11 is 0. The van der Waals surface area contributed by atoms with E-state index in [9.17, 15) is 26.4 Å². The molecule has 2 N–H and O–H groups in total. The van der Waals surface area contributed by atoms with Gasteiger partial charge in [-0.15, -0.1) is 0 Å². The molecule has 2 aliphatic rings. The highest BCUT2D eigenvalue weighted by molar-refractivity contribution is 7.90. The molecular formula is C29H33F3N10O3S. The quantitative estimate of drug-likeness (QED) is 0.266. The first-order valence-corrected chi connectivity index (χ1v) is 16.3. The molecule has 6 rings (SSSR count). The highest BCUT2D eigenvalue weighted by Gasteiger charge is 2.38. The molecule has 0 radical (unpaired) electrons. The zero-order chi connectivity index (χ0) is 32.8. The molecule has 2 saturated carbocycles. The minimum atomic E-state index is -4.58. The van der Waals surface area contributed by atoms with Gasteiger partial charge in [-0.2, -0.15) is 27.5 Å². The van der Waals surface area contributed by atoms with E-state index in [0.29, 0.717) is 67.0 Å². The van der Waals surface area contributed by atoms with Gasteiger partial charge in [0.2, 0.25) is 5.91 Å². The van der Waals surface area contributed by atoms with Gasteiger partial charge >= 0.3 is 6.18 Å². The van der Waals surface area contributed by atoms with E-state index in [1.54, 1.807) is 31.1 Å². The predicted molar refractivity (Wildman–Crippen MR) is 163 cm³/mol. The lowest BCUT2D eigenvalue weighted by Gasteiger charge is -2.31. The Morgan fingerprint density at radius 3 is 2.41 bits per heavy atom. The number of anilines is 3.